The van der Waals surface area contributed by atoms with Gasteiger partial charge in [0.1, 0.15) is 6.04 Å². The van der Waals surface area contributed by atoms with Gasteiger partial charge in [-0.15, -0.1) is 0 Å². The van der Waals surface area contributed by atoms with Crippen LogP contribution in [0.4, 0.5) is 4.79 Å². The molecule has 0 radical (unpaired) electrons. The van der Waals surface area contributed by atoms with Crippen LogP contribution in [0.2, 0.25) is 0 Å². The van der Waals surface area contributed by atoms with Gasteiger partial charge < -0.3 is 20.4 Å². The van der Waals surface area contributed by atoms with Crippen molar-refractivity contribution in [3.8, 4) is 0 Å². The zero-order valence-corrected chi connectivity index (χ0v) is 19.7. The summed E-state index contributed by atoms with van der Waals surface area (Å²) in [7, 11) is 0. The molecule has 0 aromatic carbocycles. The quantitative estimate of drug-likeness (QED) is 0.697. The Hall–Kier alpha value is -1.79. The van der Waals surface area contributed by atoms with Crippen molar-refractivity contribution in [1.29, 1.82) is 0 Å². The number of carbonyl (C=O) groups is 3. The Bertz CT molecular complexity index is 626. The van der Waals surface area contributed by atoms with Crippen LogP contribution in [0.25, 0.3) is 0 Å². The average molecular weight is 435 g/mol. The number of piperazine rings is 1. The summed E-state index contributed by atoms with van der Waals surface area (Å²) in [6.45, 7) is 7.63. The first-order valence-electron chi connectivity index (χ1n) is 12.5. The highest BCUT2D eigenvalue weighted by Gasteiger charge is 2.36. The van der Waals surface area contributed by atoms with E-state index < -0.39 is 6.04 Å². The summed E-state index contributed by atoms with van der Waals surface area (Å²) in [5.74, 6) is 0.393. The molecule has 3 aliphatic rings. The topological polar surface area (TPSA) is 81.8 Å². The lowest BCUT2D eigenvalue weighted by Crippen LogP contribution is -2.61. The maximum absolute atomic E-state index is 13.3. The van der Waals surface area contributed by atoms with Gasteiger partial charge in [-0.3, -0.25) is 9.59 Å². The standard InChI is InChI=1S/C24H42N4O3/c1-17(2)21(26-24(31)25-20-12-8-5-9-13-20)23(30)27-14-15-28(18(3)16-27)22(29)19-10-6-4-7-11-19/h17-21H,4-16H2,1-3H3,(H2,25,26,31). The lowest BCUT2D eigenvalue weighted by Gasteiger charge is -2.43. The molecule has 0 spiro atoms. The van der Waals surface area contributed by atoms with E-state index in [1.165, 1.54) is 12.8 Å². The molecule has 2 atom stereocenters. The molecule has 0 bridgehead atoms. The van der Waals surface area contributed by atoms with Gasteiger partial charge in [0.15, 0.2) is 0 Å². The smallest absolute Gasteiger partial charge is 0.315 e. The van der Waals surface area contributed by atoms with Gasteiger partial charge in [0.2, 0.25) is 11.8 Å². The predicted molar refractivity (Wildman–Crippen MR) is 121 cm³/mol. The van der Waals surface area contributed by atoms with Crippen molar-refractivity contribution in [2.45, 2.75) is 103 Å². The van der Waals surface area contributed by atoms with Gasteiger partial charge in [-0.1, -0.05) is 52.4 Å². The molecular formula is C24H42N4O3. The number of hydrogen-bond donors (Lipinski definition) is 2. The van der Waals surface area contributed by atoms with Gasteiger partial charge in [0, 0.05) is 37.6 Å². The molecule has 0 aromatic heterocycles. The van der Waals surface area contributed by atoms with E-state index in [9.17, 15) is 14.4 Å². The molecule has 2 N–H and O–H groups in total. The molecule has 7 nitrogen and oxygen atoms in total. The fourth-order valence-corrected chi connectivity index (χ4v) is 5.39. The SMILES string of the molecule is CC(C)C(NC(=O)NC1CCCCC1)C(=O)N1CCN(C(=O)C2CCCCC2)C(C)C1. The van der Waals surface area contributed by atoms with Gasteiger partial charge in [-0.25, -0.2) is 4.79 Å². The zero-order chi connectivity index (χ0) is 22.4. The molecule has 1 heterocycles. The van der Waals surface area contributed by atoms with E-state index >= 15 is 0 Å². The molecule has 7 heteroatoms. The Kier molecular flexibility index (Phi) is 8.61. The summed E-state index contributed by atoms with van der Waals surface area (Å²) in [5, 5.41) is 5.99. The van der Waals surface area contributed by atoms with E-state index in [0.29, 0.717) is 19.6 Å². The van der Waals surface area contributed by atoms with Gasteiger partial charge in [-0.05, 0) is 38.5 Å². The normalized spacial score (nSPS) is 24.7. The first-order chi connectivity index (χ1) is 14.9. The fraction of sp³-hybridized carbons (Fsp3) is 0.875. The third kappa shape index (κ3) is 6.36. The van der Waals surface area contributed by atoms with E-state index in [-0.39, 0.29) is 41.8 Å². The van der Waals surface area contributed by atoms with E-state index in [2.05, 4.69) is 10.6 Å². The summed E-state index contributed by atoms with van der Waals surface area (Å²) in [4.78, 5) is 42.6. The van der Waals surface area contributed by atoms with Crippen molar-refractivity contribution < 1.29 is 14.4 Å². The van der Waals surface area contributed by atoms with Crippen LogP contribution in [0.5, 0.6) is 0 Å². The molecular weight excluding hydrogens is 392 g/mol. The van der Waals surface area contributed by atoms with Crippen molar-refractivity contribution in [3.63, 3.8) is 0 Å². The predicted octanol–water partition coefficient (Wildman–Crippen LogP) is 3.28. The van der Waals surface area contributed by atoms with Crippen LogP contribution in [0.15, 0.2) is 0 Å². The van der Waals surface area contributed by atoms with E-state index in [1.54, 1.807) is 0 Å². The molecule has 4 amide bonds. The van der Waals surface area contributed by atoms with Crippen molar-refractivity contribution in [2.75, 3.05) is 19.6 Å². The van der Waals surface area contributed by atoms with Crippen LogP contribution in [-0.4, -0.2) is 65.4 Å². The van der Waals surface area contributed by atoms with Gasteiger partial charge in [0.25, 0.3) is 0 Å². The minimum Gasteiger partial charge on any atom is -0.337 e. The Morgan fingerprint density at radius 3 is 2.06 bits per heavy atom. The van der Waals surface area contributed by atoms with Crippen molar-refractivity contribution in [1.82, 2.24) is 20.4 Å². The highest BCUT2D eigenvalue weighted by molar-refractivity contribution is 5.88. The van der Waals surface area contributed by atoms with Gasteiger partial charge in [0.05, 0.1) is 0 Å². The highest BCUT2D eigenvalue weighted by Crippen LogP contribution is 2.27. The Balaban J connectivity index is 1.53. The summed E-state index contributed by atoms with van der Waals surface area (Å²) in [6.07, 6.45) is 11.1. The molecule has 3 rings (SSSR count). The van der Waals surface area contributed by atoms with E-state index in [1.807, 2.05) is 30.6 Å². The summed E-state index contributed by atoms with van der Waals surface area (Å²) < 4.78 is 0. The highest BCUT2D eigenvalue weighted by atomic mass is 16.2. The molecule has 1 aliphatic heterocycles. The second kappa shape index (κ2) is 11.2. The first kappa shape index (κ1) is 23.9. The maximum Gasteiger partial charge on any atom is 0.315 e. The minimum atomic E-state index is -0.545. The maximum atomic E-state index is 13.3. The molecule has 2 aliphatic carbocycles. The van der Waals surface area contributed by atoms with Gasteiger partial charge in [-0.2, -0.15) is 0 Å². The lowest BCUT2D eigenvalue weighted by atomic mass is 9.87. The molecule has 1 saturated heterocycles. The molecule has 176 valence electrons. The largest absolute Gasteiger partial charge is 0.337 e. The second-order valence-corrected chi connectivity index (χ2v) is 10.2. The molecule has 31 heavy (non-hydrogen) atoms. The fourth-order valence-electron chi connectivity index (χ4n) is 5.39. The monoisotopic (exact) mass is 434 g/mol. The molecule has 3 fully saturated rings. The lowest BCUT2D eigenvalue weighted by molar-refractivity contribution is -0.147. The number of nitrogens with zero attached hydrogens (tertiary/aromatic N) is 2. The first-order valence-corrected chi connectivity index (χ1v) is 12.5. The molecule has 2 unspecified atom stereocenters. The Labute approximate surface area is 187 Å². The molecule has 0 aromatic rings. The number of rotatable bonds is 5. The Morgan fingerprint density at radius 2 is 1.48 bits per heavy atom. The van der Waals surface area contributed by atoms with Crippen LogP contribution in [0.1, 0.15) is 85.0 Å². The average Bonchev–Trinajstić information content (AvgIpc) is 2.77. The van der Waals surface area contributed by atoms with Crippen LogP contribution < -0.4 is 10.6 Å². The summed E-state index contributed by atoms with van der Waals surface area (Å²) >= 11 is 0. The molecule has 2 saturated carbocycles. The van der Waals surface area contributed by atoms with Crippen LogP contribution >= 0.6 is 0 Å². The minimum absolute atomic E-state index is 0.00168. The summed E-state index contributed by atoms with van der Waals surface area (Å²) in [6, 6.07) is -0.559. The number of amides is 4. The van der Waals surface area contributed by atoms with E-state index in [0.717, 1.165) is 51.4 Å². The third-order valence-corrected chi connectivity index (χ3v) is 7.34. The summed E-state index contributed by atoms with van der Waals surface area (Å²) in [5.41, 5.74) is 0. The Morgan fingerprint density at radius 1 is 0.871 bits per heavy atom. The third-order valence-electron chi connectivity index (χ3n) is 7.34. The number of carbonyl (C=O) groups excluding carboxylic acids is 3. The number of urea groups is 1. The zero-order valence-electron chi connectivity index (χ0n) is 19.7. The van der Waals surface area contributed by atoms with Crippen LogP contribution in [0, 0.1) is 11.8 Å². The van der Waals surface area contributed by atoms with E-state index in [4.69, 9.17) is 0 Å². The second-order valence-electron chi connectivity index (χ2n) is 10.2. The van der Waals surface area contributed by atoms with Gasteiger partial charge >= 0.3 is 6.03 Å². The van der Waals surface area contributed by atoms with Crippen LogP contribution in [0.3, 0.4) is 0 Å². The van der Waals surface area contributed by atoms with Crippen molar-refractivity contribution in [3.05, 3.63) is 0 Å². The van der Waals surface area contributed by atoms with Crippen LogP contribution in [-0.2, 0) is 9.59 Å². The number of hydrogen-bond acceptors (Lipinski definition) is 3. The van der Waals surface area contributed by atoms with Crippen molar-refractivity contribution >= 4 is 17.8 Å². The van der Waals surface area contributed by atoms with Crippen molar-refractivity contribution in [2.24, 2.45) is 11.8 Å². The number of nitrogens with one attached hydrogen (secondary N) is 2.